The van der Waals surface area contributed by atoms with E-state index >= 15 is 0 Å². The number of piperazine rings is 1. The lowest BCUT2D eigenvalue weighted by atomic mass is 10.1. The Kier molecular flexibility index (Phi) is 6.00. The van der Waals surface area contributed by atoms with Gasteiger partial charge in [-0.3, -0.25) is 9.59 Å². The van der Waals surface area contributed by atoms with Crippen LogP contribution in [-0.4, -0.2) is 42.9 Å². The zero-order valence-electron chi connectivity index (χ0n) is 17.5. The van der Waals surface area contributed by atoms with Crippen molar-refractivity contribution in [2.24, 2.45) is 0 Å². The second-order valence-electron chi connectivity index (χ2n) is 7.68. The average Bonchev–Trinajstić information content (AvgIpc) is 3.30. The van der Waals surface area contributed by atoms with E-state index in [0.29, 0.717) is 48.2 Å². The van der Waals surface area contributed by atoms with Gasteiger partial charge in [0.05, 0.1) is 17.0 Å². The van der Waals surface area contributed by atoms with Crippen LogP contribution in [0, 0.1) is 13.8 Å². The van der Waals surface area contributed by atoms with Crippen molar-refractivity contribution >= 4 is 34.8 Å². The maximum absolute atomic E-state index is 12.6. The first-order valence-corrected chi connectivity index (χ1v) is 10.6. The second-order valence-corrected chi connectivity index (χ2v) is 8.08. The van der Waals surface area contributed by atoms with Crippen LogP contribution in [0.25, 0.3) is 0 Å². The van der Waals surface area contributed by atoms with Crippen LogP contribution in [0.2, 0.25) is 5.02 Å². The van der Waals surface area contributed by atoms with Crippen LogP contribution in [0.5, 0.6) is 0 Å². The number of rotatable bonds is 4. The number of anilines is 2. The Labute approximate surface area is 186 Å². The first-order valence-electron chi connectivity index (χ1n) is 10.2. The Bertz CT molecular complexity index is 1100. The Balaban J connectivity index is 1.39. The molecule has 1 N–H and O–H groups in total. The van der Waals surface area contributed by atoms with Crippen LogP contribution in [0.3, 0.4) is 0 Å². The summed E-state index contributed by atoms with van der Waals surface area (Å²) in [5.41, 5.74) is 4.36. The smallest absolute Gasteiger partial charge is 0.289 e. The third-order valence-corrected chi connectivity index (χ3v) is 5.92. The van der Waals surface area contributed by atoms with Crippen molar-refractivity contribution in [2.75, 3.05) is 36.4 Å². The number of aryl methyl sites for hydroxylation is 2. The minimum atomic E-state index is -0.169. The summed E-state index contributed by atoms with van der Waals surface area (Å²) in [7, 11) is 0. The molecular formula is C24H24ClN3O3. The fourth-order valence-corrected chi connectivity index (χ4v) is 3.93. The predicted molar refractivity (Wildman–Crippen MR) is 122 cm³/mol. The number of benzene rings is 2. The highest BCUT2D eigenvalue weighted by Crippen LogP contribution is 2.30. The number of carbonyl (C=O) groups excluding carboxylic acids is 2. The molecule has 1 aromatic heterocycles. The van der Waals surface area contributed by atoms with Crippen molar-refractivity contribution in [1.29, 1.82) is 0 Å². The summed E-state index contributed by atoms with van der Waals surface area (Å²) in [5, 5.41) is 3.47. The van der Waals surface area contributed by atoms with Gasteiger partial charge in [-0.2, -0.15) is 0 Å². The van der Waals surface area contributed by atoms with Gasteiger partial charge in [0.25, 0.3) is 11.8 Å². The van der Waals surface area contributed by atoms with Crippen LogP contribution in [0.15, 0.2) is 59.2 Å². The standard InChI is InChI=1S/C24H24ClN3O3/c1-16-5-6-18(14-17(16)2)23(29)26-19-7-8-21(20(25)15-19)27-9-11-28(12-10-27)24(30)22-4-3-13-31-22/h3-8,13-15H,9-12H2,1-2H3,(H,26,29). The molecule has 6 nitrogen and oxygen atoms in total. The molecule has 2 amide bonds. The molecule has 3 aromatic rings. The molecule has 0 atom stereocenters. The Hall–Kier alpha value is -3.25. The highest BCUT2D eigenvalue weighted by Gasteiger charge is 2.24. The zero-order chi connectivity index (χ0) is 22.0. The van der Waals surface area contributed by atoms with E-state index in [2.05, 4.69) is 10.2 Å². The topological polar surface area (TPSA) is 65.8 Å². The number of amides is 2. The van der Waals surface area contributed by atoms with Crippen molar-refractivity contribution in [3.8, 4) is 0 Å². The van der Waals surface area contributed by atoms with Gasteiger partial charge in [0.1, 0.15) is 0 Å². The predicted octanol–water partition coefficient (Wildman–Crippen LogP) is 4.76. The molecule has 2 heterocycles. The Morgan fingerprint density at radius 2 is 1.74 bits per heavy atom. The molecule has 7 heteroatoms. The van der Waals surface area contributed by atoms with Gasteiger partial charge in [-0.15, -0.1) is 0 Å². The molecule has 1 aliphatic rings. The number of furan rings is 1. The summed E-state index contributed by atoms with van der Waals surface area (Å²) >= 11 is 6.53. The highest BCUT2D eigenvalue weighted by molar-refractivity contribution is 6.33. The normalized spacial score (nSPS) is 13.9. The molecule has 1 aliphatic heterocycles. The fraction of sp³-hybridized carbons (Fsp3) is 0.250. The van der Waals surface area contributed by atoms with E-state index in [-0.39, 0.29) is 11.8 Å². The summed E-state index contributed by atoms with van der Waals surface area (Å²) in [4.78, 5) is 28.9. The van der Waals surface area contributed by atoms with Crippen LogP contribution in [-0.2, 0) is 0 Å². The van der Waals surface area contributed by atoms with Gasteiger partial charge in [0.15, 0.2) is 5.76 Å². The van der Waals surface area contributed by atoms with Crippen molar-refractivity contribution in [3.05, 3.63) is 82.3 Å². The summed E-state index contributed by atoms with van der Waals surface area (Å²) in [6.45, 7) is 6.51. The summed E-state index contributed by atoms with van der Waals surface area (Å²) in [6.07, 6.45) is 1.50. The SMILES string of the molecule is Cc1ccc(C(=O)Nc2ccc(N3CCN(C(=O)c4ccco4)CC3)c(Cl)c2)cc1C. The molecule has 160 valence electrons. The zero-order valence-corrected chi connectivity index (χ0v) is 18.3. The van der Waals surface area contributed by atoms with E-state index in [9.17, 15) is 9.59 Å². The van der Waals surface area contributed by atoms with Crippen LogP contribution >= 0.6 is 11.6 Å². The molecule has 31 heavy (non-hydrogen) atoms. The second kappa shape index (κ2) is 8.86. The van der Waals surface area contributed by atoms with E-state index in [4.69, 9.17) is 16.0 Å². The fourth-order valence-electron chi connectivity index (χ4n) is 3.63. The van der Waals surface area contributed by atoms with Gasteiger partial charge < -0.3 is 19.5 Å². The van der Waals surface area contributed by atoms with Crippen molar-refractivity contribution < 1.29 is 14.0 Å². The van der Waals surface area contributed by atoms with Crippen LogP contribution in [0.4, 0.5) is 11.4 Å². The molecular weight excluding hydrogens is 414 g/mol. The Morgan fingerprint density at radius 1 is 0.968 bits per heavy atom. The third kappa shape index (κ3) is 4.59. The van der Waals surface area contributed by atoms with Gasteiger partial charge in [-0.25, -0.2) is 0 Å². The number of nitrogens with zero attached hydrogens (tertiary/aromatic N) is 2. The molecule has 0 bridgehead atoms. The van der Waals surface area contributed by atoms with Gasteiger partial charge in [-0.1, -0.05) is 17.7 Å². The molecule has 0 radical (unpaired) electrons. The number of hydrogen-bond acceptors (Lipinski definition) is 4. The van der Waals surface area contributed by atoms with Crippen molar-refractivity contribution in [3.63, 3.8) is 0 Å². The van der Waals surface area contributed by atoms with Crippen molar-refractivity contribution in [2.45, 2.75) is 13.8 Å². The average molecular weight is 438 g/mol. The quantitative estimate of drug-likeness (QED) is 0.638. The monoisotopic (exact) mass is 437 g/mol. The van der Waals surface area contributed by atoms with Gasteiger partial charge in [0, 0.05) is 37.4 Å². The largest absolute Gasteiger partial charge is 0.459 e. The number of carbonyl (C=O) groups is 2. The molecule has 0 spiro atoms. The summed E-state index contributed by atoms with van der Waals surface area (Å²) < 4.78 is 5.21. The number of nitrogens with one attached hydrogen (secondary N) is 1. The lowest BCUT2D eigenvalue weighted by molar-refractivity contribution is 0.0714. The maximum Gasteiger partial charge on any atom is 0.289 e. The third-order valence-electron chi connectivity index (χ3n) is 5.61. The number of hydrogen-bond donors (Lipinski definition) is 1. The van der Waals surface area contributed by atoms with E-state index in [1.807, 2.05) is 44.2 Å². The minimum Gasteiger partial charge on any atom is -0.459 e. The summed E-state index contributed by atoms with van der Waals surface area (Å²) in [5.74, 6) is 0.0902. The van der Waals surface area contributed by atoms with E-state index < -0.39 is 0 Å². The van der Waals surface area contributed by atoms with Crippen LogP contribution in [0.1, 0.15) is 32.0 Å². The lowest BCUT2D eigenvalue weighted by Crippen LogP contribution is -2.48. The molecule has 1 saturated heterocycles. The highest BCUT2D eigenvalue weighted by atomic mass is 35.5. The van der Waals surface area contributed by atoms with E-state index in [1.54, 1.807) is 23.1 Å². The van der Waals surface area contributed by atoms with E-state index in [1.165, 1.54) is 6.26 Å². The Morgan fingerprint density at radius 3 is 2.39 bits per heavy atom. The van der Waals surface area contributed by atoms with Crippen LogP contribution < -0.4 is 10.2 Å². The van der Waals surface area contributed by atoms with Gasteiger partial charge in [-0.05, 0) is 67.4 Å². The molecule has 0 saturated carbocycles. The van der Waals surface area contributed by atoms with E-state index in [0.717, 1.165) is 16.8 Å². The maximum atomic E-state index is 12.6. The molecule has 0 aliphatic carbocycles. The first kappa shape index (κ1) is 21.0. The molecule has 1 fully saturated rings. The van der Waals surface area contributed by atoms with Gasteiger partial charge in [0.2, 0.25) is 0 Å². The van der Waals surface area contributed by atoms with Crippen molar-refractivity contribution in [1.82, 2.24) is 4.90 Å². The molecule has 4 rings (SSSR count). The summed E-state index contributed by atoms with van der Waals surface area (Å²) in [6, 6.07) is 14.5. The van der Waals surface area contributed by atoms with Gasteiger partial charge >= 0.3 is 0 Å². The molecule has 2 aromatic carbocycles. The minimum absolute atomic E-state index is 0.0971. The lowest BCUT2D eigenvalue weighted by Gasteiger charge is -2.36. The first-order chi connectivity index (χ1) is 14.9. The number of halogens is 1. The molecule has 0 unspecified atom stereocenters.